The van der Waals surface area contributed by atoms with Crippen molar-refractivity contribution in [3.8, 4) is 0 Å². The minimum atomic E-state index is -0.427. The van der Waals surface area contributed by atoms with E-state index in [1.807, 2.05) is 19.1 Å². The van der Waals surface area contributed by atoms with E-state index >= 15 is 0 Å². The topological polar surface area (TPSA) is 78.3 Å². The molecule has 0 radical (unpaired) electrons. The van der Waals surface area contributed by atoms with Crippen LogP contribution in [0.5, 0.6) is 0 Å². The maximum Gasteiger partial charge on any atom is 0.330 e. The number of rotatable bonds is 4. The highest BCUT2D eigenvalue weighted by molar-refractivity contribution is 5.81. The van der Waals surface area contributed by atoms with Crippen LogP contribution in [0.15, 0.2) is 30.9 Å². The van der Waals surface area contributed by atoms with Crippen molar-refractivity contribution in [1.82, 2.24) is 0 Å². The fraction of sp³-hybridized carbons (Fsp3) is 0.250. The van der Waals surface area contributed by atoms with Crippen molar-refractivity contribution >= 4 is 17.3 Å². The van der Waals surface area contributed by atoms with Crippen molar-refractivity contribution in [2.24, 2.45) is 0 Å². The van der Waals surface area contributed by atoms with Crippen molar-refractivity contribution in [1.29, 1.82) is 0 Å². The Bertz CT molecular complexity index is 382. The molecule has 1 rings (SSSR count). The summed E-state index contributed by atoms with van der Waals surface area (Å²) < 4.78 is 4.95. The Labute approximate surface area is 94.9 Å². The van der Waals surface area contributed by atoms with Crippen LogP contribution in [0.25, 0.3) is 0 Å². The lowest BCUT2D eigenvalue weighted by molar-refractivity contribution is -0.138. The predicted molar refractivity (Wildman–Crippen MR) is 64.8 cm³/mol. The number of hydrogen-bond acceptors (Lipinski definition) is 4. The molecule has 0 heterocycles. The normalized spacial score (nSPS) is 11.8. The molecule has 0 aliphatic rings. The van der Waals surface area contributed by atoms with Crippen molar-refractivity contribution in [3.63, 3.8) is 0 Å². The maximum atomic E-state index is 10.9. The van der Waals surface area contributed by atoms with E-state index in [0.717, 1.165) is 11.6 Å². The summed E-state index contributed by atoms with van der Waals surface area (Å²) >= 11 is 0. The van der Waals surface area contributed by atoms with Crippen LogP contribution in [0.1, 0.15) is 18.4 Å². The third-order valence-electron chi connectivity index (χ3n) is 2.21. The van der Waals surface area contributed by atoms with Crippen LogP contribution >= 0.6 is 0 Å². The summed E-state index contributed by atoms with van der Waals surface area (Å²) in [5.41, 5.74) is 13.5. The van der Waals surface area contributed by atoms with Gasteiger partial charge in [0.05, 0.1) is 6.61 Å². The van der Waals surface area contributed by atoms with E-state index in [1.165, 1.54) is 0 Å². The molecule has 0 saturated heterocycles. The number of hydrogen-bond donors (Lipinski definition) is 2. The molecule has 0 bridgehead atoms. The predicted octanol–water partition coefficient (Wildman–Crippen LogP) is 1.68. The fourth-order valence-electron chi connectivity index (χ4n) is 1.35. The number of anilines is 2. The van der Waals surface area contributed by atoms with Crippen LogP contribution in [0.4, 0.5) is 11.4 Å². The standard InChI is InChI=1S/C12H16N2O2/c1-3-12(15)16-7-8(2)9-4-10(13)6-11(14)5-9/h3-6,8H,1,7,13-14H2,2H3. The molecule has 0 spiro atoms. The zero-order chi connectivity index (χ0) is 12.1. The number of ether oxygens (including phenoxy) is 1. The van der Waals surface area contributed by atoms with Crippen molar-refractivity contribution in [3.05, 3.63) is 36.4 Å². The van der Waals surface area contributed by atoms with Gasteiger partial charge in [0.25, 0.3) is 0 Å². The molecule has 4 heteroatoms. The minimum absolute atomic E-state index is 0.0506. The van der Waals surface area contributed by atoms with E-state index in [2.05, 4.69) is 6.58 Å². The van der Waals surface area contributed by atoms with Crippen molar-refractivity contribution in [2.45, 2.75) is 12.8 Å². The van der Waals surface area contributed by atoms with E-state index in [0.29, 0.717) is 11.4 Å². The summed E-state index contributed by atoms with van der Waals surface area (Å²) in [7, 11) is 0. The molecule has 1 atom stereocenters. The number of nitrogens with two attached hydrogens (primary N) is 2. The summed E-state index contributed by atoms with van der Waals surface area (Å²) in [6, 6.07) is 5.33. The molecule has 1 aromatic carbocycles. The summed E-state index contributed by atoms with van der Waals surface area (Å²) in [5, 5.41) is 0. The average Bonchev–Trinajstić information content (AvgIpc) is 2.23. The Morgan fingerprint density at radius 2 is 2.00 bits per heavy atom. The first-order valence-electron chi connectivity index (χ1n) is 4.98. The molecule has 86 valence electrons. The highest BCUT2D eigenvalue weighted by Crippen LogP contribution is 2.21. The molecular weight excluding hydrogens is 204 g/mol. The Morgan fingerprint density at radius 1 is 1.44 bits per heavy atom. The molecule has 0 fully saturated rings. The van der Waals surface area contributed by atoms with Gasteiger partial charge >= 0.3 is 5.97 Å². The Balaban J connectivity index is 2.68. The first-order valence-corrected chi connectivity index (χ1v) is 4.98. The van der Waals surface area contributed by atoms with Gasteiger partial charge in [0.2, 0.25) is 0 Å². The van der Waals surface area contributed by atoms with Crippen LogP contribution < -0.4 is 11.5 Å². The quantitative estimate of drug-likeness (QED) is 0.459. The van der Waals surface area contributed by atoms with Crippen LogP contribution in [-0.4, -0.2) is 12.6 Å². The molecule has 0 amide bonds. The van der Waals surface area contributed by atoms with E-state index in [-0.39, 0.29) is 12.5 Å². The van der Waals surface area contributed by atoms with Crippen LogP contribution in [0.2, 0.25) is 0 Å². The first kappa shape index (κ1) is 12.1. The highest BCUT2D eigenvalue weighted by atomic mass is 16.5. The van der Waals surface area contributed by atoms with Gasteiger partial charge in [-0.3, -0.25) is 0 Å². The number of carbonyl (C=O) groups is 1. The fourth-order valence-corrected chi connectivity index (χ4v) is 1.35. The Morgan fingerprint density at radius 3 is 2.50 bits per heavy atom. The lowest BCUT2D eigenvalue weighted by Gasteiger charge is -2.13. The molecule has 4 N–H and O–H groups in total. The summed E-state index contributed by atoms with van der Waals surface area (Å²) in [4.78, 5) is 10.9. The van der Waals surface area contributed by atoms with E-state index < -0.39 is 5.97 Å². The number of nitrogen functional groups attached to an aromatic ring is 2. The van der Waals surface area contributed by atoms with Crippen LogP contribution in [-0.2, 0) is 9.53 Å². The minimum Gasteiger partial charge on any atom is -0.462 e. The van der Waals surface area contributed by atoms with E-state index in [9.17, 15) is 4.79 Å². The first-order chi connectivity index (χ1) is 7.52. The van der Waals surface area contributed by atoms with Crippen LogP contribution in [0, 0.1) is 0 Å². The smallest absolute Gasteiger partial charge is 0.330 e. The number of esters is 1. The molecule has 1 aromatic rings. The molecular formula is C12H16N2O2. The van der Waals surface area contributed by atoms with Gasteiger partial charge in [-0.15, -0.1) is 0 Å². The zero-order valence-electron chi connectivity index (χ0n) is 9.27. The maximum absolute atomic E-state index is 10.9. The molecule has 1 unspecified atom stereocenters. The number of benzene rings is 1. The lowest BCUT2D eigenvalue weighted by Crippen LogP contribution is -2.09. The van der Waals surface area contributed by atoms with Crippen molar-refractivity contribution in [2.75, 3.05) is 18.1 Å². The molecule has 0 saturated carbocycles. The van der Waals surface area contributed by atoms with Gasteiger partial charge in [-0.25, -0.2) is 4.79 Å². The van der Waals surface area contributed by atoms with Crippen LogP contribution in [0.3, 0.4) is 0 Å². The SMILES string of the molecule is C=CC(=O)OCC(C)c1cc(N)cc(N)c1. The molecule has 0 aliphatic heterocycles. The zero-order valence-corrected chi connectivity index (χ0v) is 9.27. The van der Waals surface area contributed by atoms with Gasteiger partial charge in [0, 0.05) is 23.4 Å². The van der Waals surface area contributed by atoms with Gasteiger partial charge in [-0.05, 0) is 23.8 Å². The van der Waals surface area contributed by atoms with Gasteiger partial charge in [0.15, 0.2) is 0 Å². The highest BCUT2D eigenvalue weighted by Gasteiger charge is 2.09. The van der Waals surface area contributed by atoms with Gasteiger partial charge in [-0.2, -0.15) is 0 Å². The van der Waals surface area contributed by atoms with E-state index in [4.69, 9.17) is 16.2 Å². The second-order valence-electron chi connectivity index (χ2n) is 3.67. The third-order valence-corrected chi connectivity index (χ3v) is 2.21. The Kier molecular flexibility index (Phi) is 3.94. The summed E-state index contributed by atoms with van der Waals surface area (Å²) in [6.07, 6.45) is 1.14. The molecule has 4 nitrogen and oxygen atoms in total. The summed E-state index contributed by atoms with van der Waals surface area (Å²) in [5.74, 6) is -0.376. The molecule has 0 aliphatic carbocycles. The third kappa shape index (κ3) is 3.31. The second kappa shape index (κ2) is 5.21. The second-order valence-corrected chi connectivity index (χ2v) is 3.67. The largest absolute Gasteiger partial charge is 0.462 e. The molecule has 16 heavy (non-hydrogen) atoms. The molecule has 0 aromatic heterocycles. The van der Waals surface area contributed by atoms with E-state index in [1.54, 1.807) is 6.07 Å². The average molecular weight is 220 g/mol. The van der Waals surface area contributed by atoms with Gasteiger partial charge < -0.3 is 16.2 Å². The van der Waals surface area contributed by atoms with Gasteiger partial charge in [0.1, 0.15) is 0 Å². The monoisotopic (exact) mass is 220 g/mol. The van der Waals surface area contributed by atoms with Gasteiger partial charge in [-0.1, -0.05) is 13.5 Å². The lowest BCUT2D eigenvalue weighted by atomic mass is 10.0. The Hall–Kier alpha value is -1.97. The van der Waals surface area contributed by atoms with Crippen molar-refractivity contribution < 1.29 is 9.53 Å². The number of carbonyl (C=O) groups excluding carboxylic acids is 1. The summed E-state index contributed by atoms with van der Waals surface area (Å²) in [6.45, 7) is 5.55.